The van der Waals surface area contributed by atoms with Crippen LogP contribution in [0.3, 0.4) is 0 Å². The number of Topliss-reactive ketones (excluding diaryl/α,β-unsaturated/α-hetero) is 1. The van der Waals surface area contributed by atoms with Crippen molar-refractivity contribution in [2.75, 3.05) is 26.5 Å². The largest absolute Gasteiger partial charge is 0.454 e. The summed E-state index contributed by atoms with van der Waals surface area (Å²) in [4.78, 5) is 14.4. The smallest absolute Gasteiger partial charge is 0.231 e. The van der Waals surface area contributed by atoms with Gasteiger partial charge in [-0.1, -0.05) is 6.92 Å². The van der Waals surface area contributed by atoms with Gasteiger partial charge in [-0.3, -0.25) is 9.69 Å². The van der Waals surface area contributed by atoms with E-state index < -0.39 is 0 Å². The van der Waals surface area contributed by atoms with Crippen LogP contribution in [0.5, 0.6) is 11.5 Å². The summed E-state index contributed by atoms with van der Waals surface area (Å²) in [6.07, 6.45) is 1.03. The first kappa shape index (κ1) is 13.4. The second-order valence-electron chi connectivity index (χ2n) is 5.48. The van der Waals surface area contributed by atoms with Crippen molar-refractivity contribution in [1.82, 2.24) is 4.90 Å². The van der Waals surface area contributed by atoms with Crippen LogP contribution in [0, 0.1) is 5.92 Å². The summed E-state index contributed by atoms with van der Waals surface area (Å²) in [6, 6.07) is 5.36. The molecule has 1 saturated heterocycles. The average molecular weight is 277 g/mol. The number of hydrogen-bond donors (Lipinski definition) is 1. The lowest BCUT2D eigenvalue weighted by molar-refractivity contribution is 0.0865. The summed E-state index contributed by atoms with van der Waals surface area (Å²) in [5, 5.41) is 9.43. The minimum Gasteiger partial charge on any atom is -0.454 e. The monoisotopic (exact) mass is 277 g/mol. The molecule has 3 rings (SSSR count). The van der Waals surface area contributed by atoms with Gasteiger partial charge in [-0.15, -0.1) is 0 Å². The van der Waals surface area contributed by atoms with Gasteiger partial charge in [-0.05, 0) is 37.1 Å². The lowest BCUT2D eigenvalue weighted by atomic mass is 10.0. The number of carbonyl (C=O) groups is 1. The molecule has 2 aliphatic rings. The maximum atomic E-state index is 12.3. The number of likely N-dealkylation sites (tertiary alicyclic amines) is 1. The molecular formula is C15H19NO4. The second kappa shape index (κ2) is 5.42. The molecule has 1 aromatic rings. The summed E-state index contributed by atoms with van der Waals surface area (Å²) >= 11 is 0. The van der Waals surface area contributed by atoms with Crippen molar-refractivity contribution in [3.8, 4) is 11.5 Å². The van der Waals surface area contributed by atoms with Crippen LogP contribution in [-0.4, -0.2) is 48.3 Å². The fourth-order valence-electron chi connectivity index (χ4n) is 2.93. The first-order valence-electron chi connectivity index (χ1n) is 6.97. The molecule has 0 radical (unpaired) electrons. The molecular weight excluding hydrogens is 258 g/mol. The summed E-state index contributed by atoms with van der Waals surface area (Å²) in [5.74, 6) is 1.80. The van der Waals surface area contributed by atoms with Crippen molar-refractivity contribution >= 4 is 5.78 Å². The minimum atomic E-state index is 0.0517. The molecule has 0 spiro atoms. The standard InChI is InChI=1S/C15H19NO4/c1-10-4-5-16(12(10)8-17)7-13(18)11-2-3-14-15(6-11)20-9-19-14/h2-3,6,10,12,17H,4-5,7-9H2,1H3. The number of aliphatic hydroxyl groups excluding tert-OH is 1. The Kier molecular flexibility index (Phi) is 3.63. The SMILES string of the molecule is CC1CCN(CC(=O)c2ccc3c(c2)OCO3)C1CO. The van der Waals surface area contributed by atoms with Crippen LogP contribution in [0.2, 0.25) is 0 Å². The first-order chi connectivity index (χ1) is 9.69. The zero-order chi connectivity index (χ0) is 14.1. The summed E-state index contributed by atoms with van der Waals surface area (Å²) in [5.41, 5.74) is 0.630. The molecule has 0 bridgehead atoms. The van der Waals surface area contributed by atoms with Crippen LogP contribution >= 0.6 is 0 Å². The number of carbonyl (C=O) groups excluding carboxylic acids is 1. The molecule has 0 saturated carbocycles. The highest BCUT2D eigenvalue weighted by Crippen LogP contribution is 2.33. The number of hydrogen-bond acceptors (Lipinski definition) is 5. The zero-order valence-corrected chi connectivity index (χ0v) is 11.5. The Morgan fingerprint density at radius 2 is 2.20 bits per heavy atom. The fourth-order valence-corrected chi connectivity index (χ4v) is 2.93. The van der Waals surface area contributed by atoms with E-state index in [4.69, 9.17) is 9.47 Å². The molecule has 2 unspecified atom stereocenters. The summed E-state index contributed by atoms with van der Waals surface area (Å²) in [6.45, 7) is 3.64. The van der Waals surface area contributed by atoms with E-state index in [1.165, 1.54) is 0 Å². The molecule has 108 valence electrons. The molecule has 1 aromatic carbocycles. The number of ether oxygens (including phenoxy) is 2. The Morgan fingerprint density at radius 1 is 1.40 bits per heavy atom. The van der Waals surface area contributed by atoms with Gasteiger partial charge < -0.3 is 14.6 Å². The van der Waals surface area contributed by atoms with Crippen molar-refractivity contribution in [3.05, 3.63) is 23.8 Å². The Labute approximate surface area is 118 Å². The normalized spacial score (nSPS) is 25.1. The van der Waals surface area contributed by atoms with Gasteiger partial charge >= 0.3 is 0 Å². The highest BCUT2D eigenvalue weighted by atomic mass is 16.7. The number of nitrogens with zero attached hydrogens (tertiary/aromatic N) is 1. The molecule has 5 heteroatoms. The number of rotatable bonds is 4. The van der Waals surface area contributed by atoms with Crippen LogP contribution < -0.4 is 9.47 Å². The maximum absolute atomic E-state index is 12.3. The Bertz CT molecular complexity index is 517. The van der Waals surface area contributed by atoms with Crippen LogP contribution in [0.15, 0.2) is 18.2 Å². The highest BCUT2D eigenvalue weighted by molar-refractivity contribution is 5.98. The van der Waals surface area contributed by atoms with Crippen molar-refractivity contribution in [3.63, 3.8) is 0 Å². The molecule has 0 amide bonds. The topological polar surface area (TPSA) is 59.0 Å². The van der Waals surface area contributed by atoms with Crippen molar-refractivity contribution < 1.29 is 19.4 Å². The van der Waals surface area contributed by atoms with Gasteiger partial charge in [0.05, 0.1) is 13.2 Å². The van der Waals surface area contributed by atoms with Crippen molar-refractivity contribution in [2.24, 2.45) is 5.92 Å². The van der Waals surface area contributed by atoms with Gasteiger partial charge in [0.15, 0.2) is 17.3 Å². The lowest BCUT2D eigenvalue weighted by Gasteiger charge is -2.24. The van der Waals surface area contributed by atoms with Gasteiger partial charge in [-0.25, -0.2) is 0 Å². The number of fused-ring (bicyclic) bond motifs is 1. The molecule has 2 aliphatic heterocycles. The minimum absolute atomic E-state index is 0.0517. The highest BCUT2D eigenvalue weighted by Gasteiger charge is 2.31. The number of benzene rings is 1. The van der Waals surface area contributed by atoms with Crippen molar-refractivity contribution in [1.29, 1.82) is 0 Å². The van der Waals surface area contributed by atoms with Gasteiger partial charge in [0, 0.05) is 11.6 Å². The van der Waals surface area contributed by atoms with E-state index in [1.807, 2.05) is 0 Å². The van der Waals surface area contributed by atoms with Crippen LogP contribution in [0.4, 0.5) is 0 Å². The maximum Gasteiger partial charge on any atom is 0.231 e. The summed E-state index contributed by atoms with van der Waals surface area (Å²) in [7, 11) is 0. The molecule has 1 N–H and O–H groups in total. The van der Waals surface area contributed by atoms with Gasteiger partial charge in [0.25, 0.3) is 0 Å². The third-order valence-corrected chi connectivity index (χ3v) is 4.23. The number of aliphatic hydroxyl groups is 1. The van der Waals surface area contributed by atoms with E-state index in [1.54, 1.807) is 18.2 Å². The van der Waals surface area contributed by atoms with Crippen molar-refractivity contribution in [2.45, 2.75) is 19.4 Å². The molecule has 2 heterocycles. The first-order valence-corrected chi connectivity index (χ1v) is 6.97. The van der Waals surface area contributed by atoms with E-state index in [2.05, 4.69) is 11.8 Å². The lowest BCUT2D eigenvalue weighted by Crippen LogP contribution is -2.38. The van der Waals surface area contributed by atoms with Crippen LogP contribution in [0.25, 0.3) is 0 Å². The molecule has 2 atom stereocenters. The Morgan fingerprint density at radius 3 is 3.00 bits per heavy atom. The molecule has 0 aliphatic carbocycles. The van der Waals surface area contributed by atoms with Gasteiger partial charge in [0.2, 0.25) is 6.79 Å². The van der Waals surface area contributed by atoms with E-state index >= 15 is 0 Å². The van der Waals surface area contributed by atoms with E-state index in [0.717, 1.165) is 13.0 Å². The summed E-state index contributed by atoms with van der Waals surface area (Å²) < 4.78 is 10.5. The van der Waals surface area contributed by atoms with Gasteiger partial charge in [0.1, 0.15) is 0 Å². The Hall–Kier alpha value is -1.59. The predicted octanol–water partition coefficient (Wildman–Crippen LogP) is 1.30. The molecule has 5 nitrogen and oxygen atoms in total. The second-order valence-corrected chi connectivity index (χ2v) is 5.48. The number of ketones is 1. The van der Waals surface area contributed by atoms with E-state index in [9.17, 15) is 9.90 Å². The molecule has 1 fully saturated rings. The van der Waals surface area contributed by atoms with E-state index in [-0.39, 0.29) is 25.2 Å². The van der Waals surface area contributed by atoms with Gasteiger partial charge in [-0.2, -0.15) is 0 Å². The van der Waals surface area contributed by atoms with Crippen LogP contribution in [-0.2, 0) is 0 Å². The third-order valence-electron chi connectivity index (χ3n) is 4.23. The zero-order valence-electron chi connectivity index (χ0n) is 11.5. The predicted molar refractivity (Wildman–Crippen MR) is 73.1 cm³/mol. The van der Waals surface area contributed by atoms with Crippen LogP contribution in [0.1, 0.15) is 23.7 Å². The van der Waals surface area contributed by atoms with E-state index in [0.29, 0.717) is 29.5 Å². The Balaban J connectivity index is 1.70. The molecule has 20 heavy (non-hydrogen) atoms. The fraction of sp³-hybridized carbons (Fsp3) is 0.533. The quantitative estimate of drug-likeness (QED) is 0.841. The average Bonchev–Trinajstić information content (AvgIpc) is 3.04. The third kappa shape index (κ3) is 2.39. The molecule has 0 aromatic heterocycles.